The third-order valence-corrected chi connectivity index (χ3v) is 8.76. The van der Waals surface area contributed by atoms with Gasteiger partial charge in [-0.2, -0.15) is 0 Å². The lowest BCUT2D eigenvalue weighted by Crippen LogP contribution is -2.37. The van der Waals surface area contributed by atoms with Gasteiger partial charge in [-0.25, -0.2) is 10.3 Å². The van der Waals surface area contributed by atoms with Crippen LogP contribution in [0.2, 0.25) is 5.02 Å². The lowest BCUT2D eigenvalue weighted by atomic mass is 9.94. The molecule has 4 nitrogen and oxygen atoms in total. The number of nitrogens with one attached hydrogen (secondary N) is 1. The van der Waals surface area contributed by atoms with Crippen molar-refractivity contribution in [2.45, 2.75) is 56.0 Å². The Morgan fingerprint density at radius 1 is 1.17 bits per heavy atom. The Hall–Kier alpha value is -1.05. The summed E-state index contributed by atoms with van der Waals surface area (Å²) in [4.78, 5) is 20.7. The van der Waals surface area contributed by atoms with Crippen molar-refractivity contribution in [2.75, 3.05) is 12.4 Å². The summed E-state index contributed by atoms with van der Waals surface area (Å²) in [6.45, 7) is 0.697. The normalized spacial score (nSPS) is 24.9. The molecule has 4 rings (SSSR count). The first-order chi connectivity index (χ1) is 14.1. The van der Waals surface area contributed by atoms with Crippen molar-refractivity contribution in [1.29, 1.82) is 0 Å². The Morgan fingerprint density at radius 3 is 2.76 bits per heavy atom. The van der Waals surface area contributed by atoms with Crippen molar-refractivity contribution in [3.05, 3.63) is 46.3 Å². The van der Waals surface area contributed by atoms with Gasteiger partial charge in [-0.1, -0.05) is 30.2 Å². The van der Waals surface area contributed by atoms with Gasteiger partial charge in [-0.3, -0.25) is 4.79 Å². The summed E-state index contributed by atoms with van der Waals surface area (Å²) in [6, 6.07) is 12.3. The van der Waals surface area contributed by atoms with Crippen molar-refractivity contribution in [3.8, 4) is 10.4 Å². The molecule has 7 heteroatoms. The number of amides is 1. The molecule has 2 aliphatic heterocycles. The lowest BCUT2D eigenvalue weighted by molar-refractivity contribution is -0.200. The van der Waals surface area contributed by atoms with E-state index < -0.39 is 0 Å². The van der Waals surface area contributed by atoms with Gasteiger partial charge in [-0.15, -0.1) is 23.1 Å². The maximum absolute atomic E-state index is 12.7. The summed E-state index contributed by atoms with van der Waals surface area (Å²) in [5.41, 5.74) is 3.81. The number of halogens is 1. The average molecular weight is 452 g/mol. The molecule has 2 aliphatic rings. The lowest BCUT2D eigenvalue weighted by Gasteiger charge is -2.35. The van der Waals surface area contributed by atoms with Gasteiger partial charge in [0.2, 0.25) is 5.91 Å². The third kappa shape index (κ3) is 5.36. The number of rotatable bonds is 6. The van der Waals surface area contributed by atoms with E-state index in [1.54, 1.807) is 11.3 Å². The van der Waals surface area contributed by atoms with Gasteiger partial charge in [0.05, 0.1) is 4.75 Å². The zero-order valence-corrected chi connectivity index (χ0v) is 18.7. The molecule has 0 radical (unpaired) electrons. The fraction of sp³-hybridized carbons (Fsp3) is 0.500. The number of thioether (sulfide) groups is 1. The highest BCUT2D eigenvalue weighted by Crippen LogP contribution is 2.50. The van der Waals surface area contributed by atoms with Crippen LogP contribution in [0.5, 0.6) is 0 Å². The molecule has 156 valence electrons. The highest BCUT2D eigenvalue weighted by molar-refractivity contribution is 8.00. The van der Waals surface area contributed by atoms with Crippen LogP contribution in [0.1, 0.15) is 49.8 Å². The minimum absolute atomic E-state index is 0.0741. The van der Waals surface area contributed by atoms with E-state index in [-0.39, 0.29) is 16.9 Å². The molecular formula is C22H26ClNO3S2. The highest BCUT2D eigenvalue weighted by atomic mass is 35.5. The minimum atomic E-state index is -0.319. The van der Waals surface area contributed by atoms with E-state index in [0.29, 0.717) is 13.0 Å². The Kier molecular flexibility index (Phi) is 7.19. The second kappa shape index (κ2) is 9.84. The fourth-order valence-electron chi connectivity index (χ4n) is 3.86. The first-order valence-corrected chi connectivity index (χ1v) is 12.4. The predicted octanol–water partition coefficient (Wildman–Crippen LogP) is 6.15. The monoisotopic (exact) mass is 451 g/mol. The topological polar surface area (TPSA) is 47.6 Å². The third-order valence-electron chi connectivity index (χ3n) is 5.43. The Bertz CT molecular complexity index is 812. The van der Waals surface area contributed by atoms with Crippen LogP contribution in [0.15, 0.2) is 36.4 Å². The van der Waals surface area contributed by atoms with Crippen LogP contribution in [0.3, 0.4) is 0 Å². The van der Waals surface area contributed by atoms with Crippen molar-refractivity contribution < 1.29 is 14.4 Å². The number of thiophene rings is 1. The van der Waals surface area contributed by atoms with Crippen LogP contribution in [-0.2, 0) is 19.1 Å². The minimum Gasteiger partial charge on any atom is -0.350 e. The van der Waals surface area contributed by atoms with E-state index in [0.717, 1.165) is 48.4 Å². The van der Waals surface area contributed by atoms with Gasteiger partial charge in [0.1, 0.15) is 0 Å². The summed E-state index contributed by atoms with van der Waals surface area (Å²) in [5, 5.41) is 0.739. The van der Waals surface area contributed by atoms with Crippen LogP contribution >= 0.6 is 34.7 Å². The first-order valence-electron chi connectivity index (χ1n) is 10.2. The molecule has 2 atom stereocenters. The Morgan fingerprint density at radius 2 is 2.03 bits per heavy atom. The van der Waals surface area contributed by atoms with E-state index in [4.69, 9.17) is 21.2 Å². The molecule has 2 fully saturated rings. The van der Waals surface area contributed by atoms with Crippen LogP contribution in [0, 0.1) is 0 Å². The molecule has 2 aromatic rings. The Balaban J connectivity index is 1.46. The summed E-state index contributed by atoms with van der Waals surface area (Å²) < 4.78 is 5.35. The van der Waals surface area contributed by atoms with Crippen molar-refractivity contribution in [1.82, 2.24) is 5.48 Å². The molecular weight excluding hydrogens is 426 g/mol. The van der Waals surface area contributed by atoms with Crippen LogP contribution < -0.4 is 5.48 Å². The van der Waals surface area contributed by atoms with E-state index in [1.165, 1.54) is 16.2 Å². The van der Waals surface area contributed by atoms with Crippen molar-refractivity contribution in [3.63, 3.8) is 0 Å². The molecule has 1 amide bonds. The number of ether oxygens (including phenoxy) is 1. The van der Waals surface area contributed by atoms with Gasteiger partial charge in [0.15, 0.2) is 6.29 Å². The van der Waals surface area contributed by atoms with Crippen LogP contribution in [0.4, 0.5) is 0 Å². The van der Waals surface area contributed by atoms with E-state index in [2.05, 4.69) is 17.6 Å². The number of benzene rings is 1. The van der Waals surface area contributed by atoms with E-state index in [1.807, 2.05) is 36.0 Å². The van der Waals surface area contributed by atoms with Gasteiger partial charge < -0.3 is 4.74 Å². The number of hydrogen-bond acceptors (Lipinski definition) is 5. The maximum Gasteiger partial charge on any atom is 0.245 e. The zero-order chi connectivity index (χ0) is 20.1. The molecule has 2 unspecified atom stereocenters. The van der Waals surface area contributed by atoms with E-state index >= 15 is 0 Å². The van der Waals surface area contributed by atoms with Crippen LogP contribution in [-0.4, -0.2) is 24.6 Å². The molecule has 0 aliphatic carbocycles. The molecule has 2 saturated heterocycles. The second-order valence-electron chi connectivity index (χ2n) is 7.59. The number of hydroxylamine groups is 1. The largest absolute Gasteiger partial charge is 0.350 e. The molecule has 29 heavy (non-hydrogen) atoms. The maximum atomic E-state index is 12.7. The molecule has 1 aromatic carbocycles. The SMILES string of the molecule is O=C(CC1(c2ccc(-c3ccc(Cl)cc3)s2)CCCCS1)NOC1CCCCO1. The molecule has 3 heterocycles. The quantitative estimate of drug-likeness (QED) is 0.535. The second-order valence-corrected chi connectivity index (χ2v) is 10.6. The van der Waals surface area contributed by atoms with Crippen molar-refractivity contribution >= 4 is 40.6 Å². The summed E-state index contributed by atoms with van der Waals surface area (Å²) in [5.74, 6) is 1.00. The molecule has 1 aromatic heterocycles. The van der Waals surface area contributed by atoms with Gasteiger partial charge >= 0.3 is 0 Å². The number of carbonyl (C=O) groups excluding carboxylic acids is 1. The molecule has 0 spiro atoms. The average Bonchev–Trinajstić information content (AvgIpc) is 3.25. The summed E-state index contributed by atoms with van der Waals surface area (Å²) in [7, 11) is 0. The molecule has 0 bridgehead atoms. The van der Waals surface area contributed by atoms with Gasteiger partial charge in [0.25, 0.3) is 0 Å². The number of carbonyl (C=O) groups is 1. The summed E-state index contributed by atoms with van der Waals surface area (Å²) in [6.07, 6.45) is 6.41. The summed E-state index contributed by atoms with van der Waals surface area (Å²) >= 11 is 9.71. The molecule has 1 N–H and O–H groups in total. The first kappa shape index (κ1) is 21.2. The highest BCUT2D eigenvalue weighted by Gasteiger charge is 2.38. The molecule has 0 saturated carbocycles. The van der Waals surface area contributed by atoms with E-state index in [9.17, 15) is 4.79 Å². The Labute approximate surface area is 185 Å². The van der Waals surface area contributed by atoms with Gasteiger partial charge in [0, 0.05) is 34.2 Å². The fourth-order valence-corrected chi connectivity index (χ4v) is 6.88. The van der Waals surface area contributed by atoms with Crippen LogP contribution in [0.25, 0.3) is 10.4 Å². The van der Waals surface area contributed by atoms with Gasteiger partial charge in [-0.05, 0) is 61.3 Å². The standard InChI is InChI=1S/C22H26ClNO3S2/c23-17-8-6-16(7-9-17)18-10-11-19(29-18)22(12-2-4-14-28-22)15-20(25)24-27-21-5-1-3-13-26-21/h6-11,21H,1-5,12-15H2,(H,24,25). The number of hydrogen-bond donors (Lipinski definition) is 1. The smallest absolute Gasteiger partial charge is 0.245 e. The van der Waals surface area contributed by atoms with Crippen molar-refractivity contribution in [2.24, 2.45) is 0 Å². The zero-order valence-electron chi connectivity index (χ0n) is 16.3. The predicted molar refractivity (Wildman–Crippen MR) is 120 cm³/mol.